The lowest BCUT2D eigenvalue weighted by Crippen LogP contribution is -2.49. The molecule has 3 heterocycles. The first-order chi connectivity index (χ1) is 16.5. The van der Waals surface area contributed by atoms with Gasteiger partial charge in [0.25, 0.3) is 5.56 Å². The second kappa shape index (κ2) is 8.97. The van der Waals surface area contributed by atoms with Crippen molar-refractivity contribution < 1.29 is 4.79 Å². The first kappa shape index (κ1) is 22.2. The highest BCUT2D eigenvalue weighted by Crippen LogP contribution is 2.27. The normalized spacial score (nSPS) is 14.3. The van der Waals surface area contributed by atoms with E-state index in [2.05, 4.69) is 46.6 Å². The summed E-state index contributed by atoms with van der Waals surface area (Å²) in [5.74, 6) is 0.191. The second-order valence-corrected chi connectivity index (χ2v) is 9.19. The van der Waals surface area contributed by atoms with Gasteiger partial charge in [0, 0.05) is 68.2 Å². The number of nitrogens with zero attached hydrogens (tertiary/aromatic N) is 5. The molecule has 2 aromatic carbocycles. The zero-order chi connectivity index (χ0) is 23.8. The van der Waals surface area contributed by atoms with Crippen molar-refractivity contribution in [2.75, 3.05) is 31.1 Å². The Kier molecular flexibility index (Phi) is 5.86. The molecule has 0 saturated carbocycles. The third kappa shape index (κ3) is 3.85. The fourth-order valence-corrected chi connectivity index (χ4v) is 5.10. The number of fused-ring (bicyclic) bond motifs is 3. The van der Waals surface area contributed by atoms with Gasteiger partial charge in [-0.1, -0.05) is 30.3 Å². The molecule has 2 aromatic heterocycles. The van der Waals surface area contributed by atoms with Crippen LogP contribution in [-0.4, -0.2) is 51.3 Å². The SMILES string of the molecule is Cc1cccc(N2CCN(C(=O)CCCn3c4ccccc4c4cnn(C)c(=O)c43)CC2)c1C. The van der Waals surface area contributed by atoms with E-state index in [0.717, 1.165) is 42.5 Å². The molecule has 0 aliphatic carbocycles. The minimum Gasteiger partial charge on any atom is -0.368 e. The summed E-state index contributed by atoms with van der Waals surface area (Å²) in [7, 11) is 1.67. The predicted molar refractivity (Wildman–Crippen MR) is 136 cm³/mol. The van der Waals surface area contributed by atoms with Gasteiger partial charge >= 0.3 is 0 Å². The number of rotatable bonds is 5. The van der Waals surface area contributed by atoms with E-state index in [1.165, 1.54) is 21.5 Å². The van der Waals surface area contributed by atoms with Crippen molar-refractivity contribution in [3.05, 3.63) is 70.1 Å². The number of hydrogen-bond acceptors (Lipinski definition) is 4. The number of anilines is 1. The molecule has 4 aromatic rings. The maximum atomic E-state index is 13.0. The molecule has 1 amide bonds. The molecule has 1 fully saturated rings. The maximum Gasteiger partial charge on any atom is 0.291 e. The predicted octanol–water partition coefficient (Wildman–Crippen LogP) is 3.63. The van der Waals surface area contributed by atoms with Crippen LogP contribution >= 0.6 is 0 Å². The Bertz CT molecular complexity index is 1430. The zero-order valence-corrected chi connectivity index (χ0v) is 20.1. The van der Waals surface area contributed by atoms with Crippen LogP contribution in [0.2, 0.25) is 0 Å². The van der Waals surface area contributed by atoms with E-state index in [1.54, 1.807) is 13.2 Å². The van der Waals surface area contributed by atoms with Gasteiger partial charge in [0.1, 0.15) is 5.52 Å². The van der Waals surface area contributed by atoms with Gasteiger partial charge in [0.15, 0.2) is 0 Å². The number of hydrogen-bond donors (Lipinski definition) is 0. The number of benzene rings is 2. The van der Waals surface area contributed by atoms with Gasteiger partial charge in [0.05, 0.1) is 6.20 Å². The molecule has 0 unspecified atom stereocenters. The molecular formula is C27H31N5O2. The molecule has 34 heavy (non-hydrogen) atoms. The minimum absolute atomic E-state index is 0.109. The first-order valence-electron chi connectivity index (χ1n) is 12.0. The molecule has 0 N–H and O–H groups in total. The van der Waals surface area contributed by atoms with E-state index in [4.69, 9.17) is 0 Å². The molecule has 1 aliphatic rings. The highest BCUT2D eigenvalue weighted by Gasteiger charge is 2.22. The maximum absolute atomic E-state index is 13.0. The topological polar surface area (TPSA) is 63.4 Å². The summed E-state index contributed by atoms with van der Waals surface area (Å²) in [4.78, 5) is 30.2. The van der Waals surface area contributed by atoms with Crippen LogP contribution in [0.1, 0.15) is 24.0 Å². The third-order valence-corrected chi connectivity index (χ3v) is 7.19. The van der Waals surface area contributed by atoms with Crippen LogP contribution in [0, 0.1) is 13.8 Å². The Hall–Kier alpha value is -3.61. The molecular weight excluding hydrogens is 426 g/mol. The van der Waals surface area contributed by atoms with Crippen LogP contribution in [0.25, 0.3) is 21.8 Å². The molecule has 0 bridgehead atoms. The molecule has 7 heteroatoms. The van der Waals surface area contributed by atoms with Gasteiger partial charge in [-0.15, -0.1) is 0 Å². The molecule has 1 saturated heterocycles. The van der Waals surface area contributed by atoms with Crippen molar-refractivity contribution in [2.24, 2.45) is 7.05 Å². The minimum atomic E-state index is -0.109. The smallest absolute Gasteiger partial charge is 0.291 e. The van der Waals surface area contributed by atoms with Gasteiger partial charge in [0.2, 0.25) is 5.91 Å². The van der Waals surface area contributed by atoms with Crippen molar-refractivity contribution >= 4 is 33.4 Å². The number of aromatic nitrogens is 3. The fraction of sp³-hybridized carbons (Fsp3) is 0.370. The lowest BCUT2D eigenvalue weighted by Gasteiger charge is -2.37. The van der Waals surface area contributed by atoms with Crippen molar-refractivity contribution in [3.63, 3.8) is 0 Å². The lowest BCUT2D eigenvalue weighted by molar-refractivity contribution is -0.131. The van der Waals surface area contributed by atoms with Crippen molar-refractivity contribution in [1.82, 2.24) is 19.2 Å². The summed E-state index contributed by atoms with van der Waals surface area (Å²) in [5.41, 5.74) is 5.45. The van der Waals surface area contributed by atoms with Crippen LogP contribution < -0.4 is 10.5 Å². The van der Waals surface area contributed by atoms with Gasteiger partial charge in [-0.2, -0.15) is 5.10 Å². The highest BCUT2D eigenvalue weighted by molar-refractivity contribution is 6.07. The van der Waals surface area contributed by atoms with Crippen LogP contribution in [0.3, 0.4) is 0 Å². The van der Waals surface area contributed by atoms with Crippen molar-refractivity contribution in [1.29, 1.82) is 0 Å². The summed E-state index contributed by atoms with van der Waals surface area (Å²) in [5, 5.41) is 6.10. The summed E-state index contributed by atoms with van der Waals surface area (Å²) >= 11 is 0. The number of aryl methyl sites for hydroxylation is 3. The summed E-state index contributed by atoms with van der Waals surface area (Å²) in [6.45, 7) is 8.12. The van der Waals surface area contributed by atoms with Crippen molar-refractivity contribution in [2.45, 2.75) is 33.2 Å². The Morgan fingerprint density at radius 1 is 0.971 bits per heavy atom. The summed E-state index contributed by atoms with van der Waals surface area (Å²) < 4.78 is 3.43. The molecule has 0 atom stereocenters. The van der Waals surface area contributed by atoms with Gasteiger partial charge in [-0.25, -0.2) is 4.68 Å². The van der Waals surface area contributed by atoms with Crippen LogP contribution in [0.15, 0.2) is 53.5 Å². The summed E-state index contributed by atoms with van der Waals surface area (Å²) in [6.07, 6.45) is 2.92. The highest BCUT2D eigenvalue weighted by atomic mass is 16.2. The van der Waals surface area contributed by atoms with E-state index in [-0.39, 0.29) is 11.5 Å². The quantitative estimate of drug-likeness (QED) is 0.459. The Morgan fingerprint density at radius 2 is 1.74 bits per heavy atom. The average Bonchev–Trinajstić information content (AvgIpc) is 3.17. The molecule has 0 spiro atoms. The Morgan fingerprint density at radius 3 is 2.53 bits per heavy atom. The van der Waals surface area contributed by atoms with Gasteiger partial charge in [-0.05, 0) is 43.5 Å². The van der Waals surface area contributed by atoms with E-state index < -0.39 is 0 Å². The van der Waals surface area contributed by atoms with Crippen LogP contribution in [0.5, 0.6) is 0 Å². The molecule has 1 aliphatic heterocycles. The Balaban J connectivity index is 1.25. The van der Waals surface area contributed by atoms with Gasteiger partial charge in [-0.3, -0.25) is 9.59 Å². The van der Waals surface area contributed by atoms with E-state index in [0.29, 0.717) is 24.9 Å². The molecule has 176 valence electrons. The standard InChI is InChI=1S/C27H31N5O2/c1-19-8-6-11-23(20(19)2)30-14-16-31(17-15-30)25(33)12-7-13-32-24-10-5-4-9-21(24)22-18-28-29(3)27(34)26(22)32/h4-6,8-11,18H,7,12-17H2,1-3H3. The summed E-state index contributed by atoms with van der Waals surface area (Å²) in [6, 6.07) is 14.4. The Labute approximate surface area is 199 Å². The van der Waals surface area contributed by atoms with E-state index in [9.17, 15) is 9.59 Å². The third-order valence-electron chi connectivity index (χ3n) is 7.19. The molecule has 5 rings (SSSR count). The number of amides is 1. The van der Waals surface area contributed by atoms with Crippen molar-refractivity contribution in [3.8, 4) is 0 Å². The number of carbonyl (C=O) groups excluding carboxylic acids is 1. The number of carbonyl (C=O) groups is 1. The monoisotopic (exact) mass is 457 g/mol. The molecule has 0 radical (unpaired) electrons. The molecule has 7 nitrogen and oxygen atoms in total. The van der Waals surface area contributed by atoms with Crippen LogP contribution in [-0.2, 0) is 18.4 Å². The van der Waals surface area contributed by atoms with E-state index >= 15 is 0 Å². The van der Waals surface area contributed by atoms with Gasteiger partial charge < -0.3 is 14.4 Å². The second-order valence-electron chi connectivity index (χ2n) is 9.19. The fourth-order valence-electron chi connectivity index (χ4n) is 5.10. The largest absolute Gasteiger partial charge is 0.368 e. The number of para-hydroxylation sites is 1. The number of piperazine rings is 1. The average molecular weight is 458 g/mol. The van der Waals surface area contributed by atoms with E-state index in [1.807, 2.05) is 29.2 Å². The first-order valence-corrected chi connectivity index (χ1v) is 12.0. The van der Waals surface area contributed by atoms with Crippen LogP contribution in [0.4, 0.5) is 5.69 Å². The zero-order valence-electron chi connectivity index (χ0n) is 20.1. The lowest BCUT2D eigenvalue weighted by atomic mass is 10.1.